The van der Waals surface area contributed by atoms with Crippen molar-refractivity contribution < 1.29 is 18.7 Å². The van der Waals surface area contributed by atoms with Gasteiger partial charge in [0.1, 0.15) is 11.5 Å². The number of esters is 1. The summed E-state index contributed by atoms with van der Waals surface area (Å²) >= 11 is 0. The normalized spacial score (nSPS) is 14.4. The Balaban J connectivity index is 1.31. The fraction of sp³-hybridized carbons (Fsp3) is 0.375. The van der Waals surface area contributed by atoms with E-state index in [0.717, 1.165) is 0 Å². The molecule has 0 atom stereocenters. The highest BCUT2D eigenvalue weighted by atomic mass is 19.1. The molecule has 0 aliphatic carbocycles. The van der Waals surface area contributed by atoms with Crippen molar-refractivity contribution >= 4 is 45.6 Å². The predicted molar refractivity (Wildman–Crippen MR) is 138 cm³/mol. The Kier molecular flexibility index (Phi) is 6.48. The molecule has 1 saturated heterocycles. The topological polar surface area (TPSA) is 150 Å². The van der Waals surface area contributed by atoms with E-state index < -0.39 is 23.0 Å². The summed E-state index contributed by atoms with van der Waals surface area (Å²) in [5.41, 5.74) is 0.334. The number of hydrogen-bond acceptors (Lipinski definition) is 8. The zero-order valence-electron chi connectivity index (χ0n) is 21.1. The number of nitrogens with one attached hydrogen (secondary N) is 3. The molecule has 4 aromatic rings. The molecule has 5 rings (SSSR count). The van der Waals surface area contributed by atoms with Crippen LogP contribution >= 0.6 is 0 Å². The fourth-order valence-electron chi connectivity index (χ4n) is 4.80. The lowest BCUT2D eigenvalue weighted by Crippen LogP contribution is -2.49. The zero-order valence-corrected chi connectivity index (χ0v) is 21.1. The van der Waals surface area contributed by atoms with E-state index in [4.69, 9.17) is 4.74 Å². The van der Waals surface area contributed by atoms with Crippen LogP contribution in [0.5, 0.6) is 0 Å². The Morgan fingerprint density at radius 2 is 1.89 bits per heavy atom. The molecule has 0 radical (unpaired) electrons. The first-order valence-electron chi connectivity index (χ1n) is 12.1. The standard InChI is InChI=1S/C24H27FN8O5/c1-4-33-19-20(30(2)24(37)29-21(19)35)28-23(33)32-9-7-31(8-10-32)12-16(34)27-17-14-11-13(25)5-6-15(14)26-18(17)22(36)38-3/h5-6,11,26H,4,7-10,12H2,1-3H3,(H,27,34)(H,29,35,37). The number of imidazole rings is 1. The lowest BCUT2D eigenvalue weighted by Gasteiger charge is -2.35. The second kappa shape index (κ2) is 9.78. The number of methoxy groups -OCH3 is 1. The Hall–Kier alpha value is -4.46. The number of H-pyrrole nitrogens is 2. The maximum absolute atomic E-state index is 13.9. The third-order valence-electron chi connectivity index (χ3n) is 6.74. The van der Waals surface area contributed by atoms with E-state index in [9.17, 15) is 23.6 Å². The Labute approximate surface area is 214 Å². The molecule has 1 aromatic carbocycles. The number of aromatic amines is 2. The van der Waals surface area contributed by atoms with Crippen molar-refractivity contribution in [1.29, 1.82) is 0 Å². The van der Waals surface area contributed by atoms with Gasteiger partial charge in [-0.05, 0) is 25.1 Å². The van der Waals surface area contributed by atoms with E-state index in [1.165, 1.54) is 29.9 Å². The molecule has 3 aromatic heterocycles. The minimum Gasteiger partial charge on any atom is -0.464 e. The lowest BCUT2D eigenvalue weighted by molar-refractivity contribution is -0.117. The van der Waals surface area contributed by atoms with E-state index in [1.807, 2.05) is 16.7 Å². The van der Waals surface area contributed by atoms with Gasteiger partial charge in [-0.25, -0.2) is 14.0 Å². The molecule has 4 heterocycles. The molecule has 1 fully saturated rings. The van der Waals surface area contributed by atoms with E-state index in [2.05, 4.69) is 20.3 Å². The van der Waals surface area contributed by atoms with Crippen molar-refractivity contribution in [2.45, 2.75) is 13.5 Å². The van der Waals surface area contributed by atoms with Crippen molar-refractivity contribution in [2.75, 3.05) is 50.1 Å². The second-order valence-corrected chi connectivity index (χ2v) is 9.01. The van der Waals surface area contributed by atoms with Gasteiger partial charge in [-0.1, -0.05) is 0 Å². The van der Waals surface area contributed by atoms with Gasteiger partial charge < -0.3 is 24.5 Å². The average Bonchev–Trinajstić information content (AvgIpc) is 3.46. The monoisotopic (exact) mass is 526 g/mol. The summed E-state index contributed by atoms with van der Waals surface area (Å²) in [6, 6.07) is 3.99. The van der Waals surface area contributed by atoms with Crippen molar-refractivity contribution in [2.24, 2.45) is 7.05 Å². The number of nitrogens with zero attached hydrogens (tertiary/aromatic N) is 5. The number of aromatic nitrogens is 5. The number of ether oxygens (including phenoxy) is 1. The number of rotatable bonds is 6. The van der Waals surface area contributed by atoms with Crippen LogP contribution in [-0.4, -0.2) is 80.7 Å². The number of piperazine rings is 1. The summed E-state index contributed by atoms with van der Waals surface area (Å²) < 4.78 is 21.8. The Morgan fingerprint density at radius 1 is 1.16 bits per heavy atom. The molecule has 13 nitrogen and oxygen atoms in total. The largest absolute Gasteiger partial charge is 0.464 e. The first-order valence-corrected chi connectivity index (χ1v) is 12.1. The molecule has 0 spiro atoms. The highest BCUT2D eigenvalue weighted by Crippen LogP contribution is 2.29. The van der Waals surface area contributed by atoms with Gasteiger partial charge >= 0.3 is 11.7 Å². The van der Waals surface area contributed by atoms with Crippen LogP contribution in [0.4, 0.5) is 16.0 Å². The van der Waals surface area contributed by atoms with Crippen LogP contribution in [0, 0.1) is 5.82 Å². The van der Waals surface area contributed by atoms with E-state index >= 15 is 0 Å². The summed E-state index contributed by atoms with van der Waals surface area (Å²) in [4.78, 5) is 63.4. The van der Waals surface area contributed by atoms with Gasteiger partial charge in [-0.2, -0.15) is 4.98 Å². The molecule has 1 amide bonds. The van der Waals surface area contributed by atoms with Gasteiger partial charge in [-0.3, -0.25) is 24.0 Å². The number of fused-ring (bicyclic) bond motifs is 2. The van der Waals surface area contributed by atoms with E-state index in [0.29, 0.717) is 60.7 Å². The second-order valence-electron chi connectivity index (χ2n) is 9.01. The molecule has 0 unspecified atom stereocenters. The molecule has 200 valence electrons. The van der Waals surface area contributed by atoms with E-state index in [-0.39, 0.29) is 23.8 Å². The number of aryl methyl sites for hydroxylation is 2. The molecule has 0 bridgehead atoms. The summed E-state index contributed by atoms with van der Waals surface area (Å²) in [5.74, 6) is -0.960. The third kappa shape index (κ3) is 4.32. The molecule has 0 saturated carbocycles. The van der Waals surface area contributed by atoms with Crippen LogP contribution in [0.15, 0.2) is 27.8 Å². The predicted octanol–water partition coefficient (Wildman–Crippen LogP) is 0.611. The molecule has 38 heavy (non-hydrogen) atoms. The zero-order chi connectivity index (χ0) is 27.1. The molecular formula is C24H27FN8O5. The minimum atomic E-state index is -0.680. The van der Waals surface area contributed by atoms with Crippen LogP contribution in [0.2, 0.25) is 0 Å². The fourth-order valence-corrected chi connectivity index (χ4v) is 4.80. The maximum Gasteiger partial charge on any atom is 0.356 e. The smallest absolute Gasteiger partial charge is 0.356 e. The van der Waals surface area contributed by atoms with Gasteiger partial charge in [0.2, 0.25) is 11.9 Å². The van der Waals surface area contributed by atoms with Crippen LogP contribution in [0.1, 0.15) is 17.4 Å². The Bertz CT molecular complexity index is 1680. The van der Waals surface area contributed by atoms with Crippen molar-refractivity contribution in [3.05, 3.63) is 50.5 Å². The number of amides is 1. The third-order valence-corrected chi connectivity index (χ3v) is 6.74. The number of carbonyl (C=O) groups is 2. The van der Waals surface area contributed by atoms with Gasteiger partial charge in [0.05, 0.1) is 19.3 Å². The lowest BCUT2D eigenvalue weighted by atomic mass is 10.2. The average molecular weight is 527 g/mol. The maximum atomic E-state index is 13.9. The highest BCUT2D eigenvalue weighted by Gasteiger charge is 2.26. The SMILES string of the molecule is CCn1c(N2CCN(CC(=O)Nc3c(C(=O)OC)[nH]c4ccc(F)cc34)CC2)nc2c1c(=O)[nH]c(=O)n2C. The van der Waals surface area contributed by atoms with Crippen LogP contribution in [-0.2, 0) is 23.1 Å². The summed E-state index contributed by atoms with van der Waals surface area (Å²) in [6.07, 6.45) is 0. The van der Waals surface area contributed by atoms with Crippen molar-refractivity contribution in [3.8, 4) is 0 Å². The van der Waals surface area contributed by atoms with Crippen molar-refractivity contribution in [1.82, 2.24) is 29.0 Å². The minimum absolute atomic E-state index is 0.0362. The van der Waals surface area contributed by atoms with Gasteiger partial charge in [0, 0.05) is 50.7 Å². The van der Waals surface area contributed by atoms with Crippen LogP contribution in [0.25, 0.3) is 22.1 Å². The number of benzene rings is 1. The number of anilines is 2. The quantitative estimate of drug-likeness (QED) is 0.309. The number of carbonyl (C=O) groups excluding carboxylic acids is 2. The molecule has 1 aliphatic rings. The van der Waals surface area contributed by atoms with Crippen molar-refractivity contribution in [3.63, 3.8) is 0 Å². The molecule has 14 heteroatoms. The van der Waals surface area contributed by atoms with Gasteiger partial charge in [0.25, 0.3) is 5.56 Å². The Morgan fingerprint density at radius 3 is 2.58 bits per heavy atom. The first-order chi connectivity index (χ1) is 18.2. The molecule has 1 aliphatic heterocycles. The summed E-state index contributed by atoms with van der Waals surface area (Å²) in [6.45, 7) is 4.57. The summed E-state index contributed by atoms with van der Waals surface area (Å²) in [5, 5.41) is 3.11. The highest BCUT2D eigenvalue weighted by molar-refractivity contribution is 6.11. The molecule has 3 N–H and O–H groups in total. The van der Waals surface area contributed by atoms with Gasteiger partial charge in [-0.15, -0.1) is 0 Å². The van der Waals surface area contributed by atoms with E-state index in [1.54, 1.807) is 11.6 Å². The van der Waals surface area contributed by atoms with Crippen LogP contribution < -0.4 is 21.5 Å². The van der Waals surface area contributed by atoms with Gasteiger partial charge in [0.15, 0.2) is 11.2 Å². The van der Waals surface area contributed by atoms with Crippen LogP contribution in [0.3, 0.4) is 0 Å². The summed E-state index contributed by atoms with van der Waals surface area (Å²) in [7, 11) is 2.78. The molecular weight excluding hydrogens is 499 g/mol. The first kappa shape index (κ1) is 25.2. The number of hydrogen-bond donors (Lipinski definition) is 3. The number of halogens is 1.